The molecule has 2 fully saturated rings. The van der Waals surface area contributed by atoms with Gasteiger partial charge in [0, 0.05) is 35.2 Å². The molecule has 0 bridgehead atoms. The molecule has 2 saturated heterocycles. The minimum Gasteiger partial charge on any atom is -0.361 e. The van der Waals surface area contributed by atoms with Crippen LogP contribution in [0.4, 0.5) is 5.69 Å². The van der Waals surface area contributed by atoms with Crippen LogP contribution in [0.5, 0.6) is 0 Å². The lowest BCUT2D eigenvalue weighted by Crippen LogP contribution is -2.53. The summed E-state index contributed by atoms with van der Waals surface area (Å²) in [7, 11) is 0. The maximum atomic E-state index is 13.7. The maximum absolute atomic E-state index is 13.7. The van der Waals surface area contributed by atoms with Gasteiger partial charge in [0.05, 0.1) is 22.5 Å². The number of hydrogen-bond donors (Lipinski definition) is 3. The van der Waals surface area contributed by atoms with Gasteiger partial charge in [-0.3, -0.25) is 24.6 Å². The smallest absolute Gasteiger partial charge is 0.250 e. The molecule has 0 radical (unpaired) electrons. The van der Waals surface area contributed by atoms with Crippen molar-refractivity contribution in [1.82, 2.24) is 15.2 Å². The van der Waals surface area contributed by atoms with Crippen molar-refractivity contribution in [3.63, 3.8) is 0 Å². The molecule has 3 aliphatic heterocycles. The number of hydrogen-bond acceptors (Lipinski definition) is 4. The summed E-state index contributed by atoms with van der Waals surface area (Å²) in [5.41, 5.74) is 1.88. The standard InChI is InChI=1S/C26H25ClN4O3/c1-2-3-11-31-23(32)20-19(12-14-13-28-18-10-5-4-7-15(14)18)30-26(21(20)24(31)33)16-8-6-9-17(27)22(16)29-25(26)34/h4-10,13,19-21,28,30H,2-3,11-12H2,1H3,(H,29,34). The number of imide groups is 1. The highest BCUT2D eigenvalue weighted by atomic mass is 35.5. The van der Waals surface area contributed by atoms with Gasteiger partial charge in [-0.05, 0) is 30.5 Å². The molecule has 34 heavy (non-hydrogen) atoms. The predicted octanol–water partition coefficient (Wildman–Crippen LogP) is 3.58. The molecule has 0 saturated carbocycles. The van der Waals surface area contributed by atoms with Gasteiger partial charge in [-0.25, -0.2) is 0 Å². The van der Waals surface area contributed by atoms with Crippen molar-refractivity contribution in [2.24, 2.45) is 11.8 Å². The molecule has 3 N–H and O–H groups in total. The normalized spacial score (nSPS) is 27.6. The van der Waals surface area contributed by atoms with Gasteiger partial charge in [-0.2, -0.15) is 0 Å². The average Bonchev–Trinajstić information content (AvgIpc) is 3.54. The van der Waals surface area contributed by atoms with Gasteiger partial charge in [-0.15, -0.1) is 0 Å². The molecule has 7 nitrogen and oxygen atoms in total. The van der Waals surface area contributed by atoms with E-state index < -0.39 is 17.4 Å². The van der Waals surface area contributed by atoms with Crippen LogP contribution >= 0.6 is 11.6 Å². The van der Waals surface area contributed by atoms with Crippen LogP contribution in [0.3, 0.4) is 0 Å². The van der Waals surface area contributed by atoms with Crippen LogP contribution in [0.2, 0.25) is 5.02 Å². The Kier molecular flexibility index (Phi) is 4.83. The van der Waals surface area contributed by atoms with Crippen molar-refractivity contribution in [3.05, 3.63) is 64.8 Å². The first-order valence-electron chi connectivity index (χ1n) is 11.8. The SMILES string of the molecule is CCCCN1C(=O)C2C(Cc3c[nH]c4ccccc34)NC3(C(=O)Nc4c(Cl)cccc43)C2C1=O. The Morgan fingerprint density at radius 2 is 1.88 bits per heavy atom. The van der Waals surface area contributed by atoms with Crippen LogP contribution in [0.1, 0.15) is 30.9 Å². The number of fused-ring (bicyclic) bond motifs is 5. The van der Waals surface area contributed by atoms with Crippen LogP contribution in [-0.2, 0) is 26.3 Å². The monoisotopic (exact) mass is 476 g/mol. The highest BCUT2D eigenvalue weighted by Gasteiger charge is 2.70. The number of para-hydroxylation sites is 2. The molecule has 6 rings (SSSR count). The summed E-state index contributed by atoms with van der Waals surface area (Å²) in [5, 5.41) is 7.87. The van der Waals surface area contributed by atoms with E-state index in [1.165, 1.54) is 4.90 Å². The number of carbonyl (C=O) groups is 3. The second kappa shape index (κ2) is 7.68. The first-order chi connectivity index (χ1) is 16.5. The molecule has 4 heterocycles. The zero-order valence-corrected chi connectivity index (χ0v) is 19.5. The molecule has 1 aromatic heterocycles. The zero-order chi connectivity index (χ0) is 23.6. The minimum atomic E-state index is -1.32. The predicted molar refractivity (Wildman–Crippen MR) is 129 cm³/mol. The first-order valence-corrected chi connectivity index (χ1v) is 12.1. The molecule has 3 aliphatic rings. The van der Waals surface area contributed by atoms with Crippen molar-refractivity contribution in [2.75, 3.05) is 11.9 Å². The second-order valence-corrected chi connectivity index (χ2v) is 9.83. The largest absolute Gasteiger partial charge is 0.361 e. The van der Waals surface area contributed by atoms with Gasteiger partial charge >= 0.3 is 0 Å². The van der Waals surface area contributed by atoms with E-state index in [1.54, 1.807) is 12.1 Å². The Morgan fingerprint density at radius 3 is 2.71 bits per heavy atom. The molecule has 3 amide bonds. The van der Waals surface area contributed by atoms with Crippen molar-refractivity contribution < 1.29 is 14.4 Å². The molecule has 174 valence electrons. The third-order valence-corrected chi connectivity index (χ3v) is 7.96. The summed E-state index contributed by atoms with van der Waals surface area (Å²) in [5.74, 6) is -2.24. The Morgan fingerprint density at radius 1 is 1.06 bits per heavy atom. The summed E-state index contributed by atoms with van der Waals surface area (Å²) in [6.07, 6.45) is 4.06. The maximum Gasteiger partial charge on any atom is 0.250 e. The number of benzene rings is 2. The fraction of sp³-hybridized carbons (Fsp3) is 0.346. The van der Waals surface area contributed by atoms with Crippen LogP contribution in [0.25, 0.3) is 10.9 Å². The van der Waals surface area contributed by atoms with Crippen LogP contribution in [0.15, 0.2) is 48.7 Å². The van der Waals surface area contributed by atoms with Gasteiger partial charge in [-0.1, -0.05) is 55.3 Å². The number of H-pyrrole nitrogens is 1. The van der Waals surface area contributed by atoms with Gasteiger partial charge in [0.1, 0.15) is 5.54 Å². The Bertz CT molecular complexity index is 1350. The molecular formula is C26H25ClN4O3. The number of halogens is 1. The van der Waals surface area contributed by atoms with E-state index in [4.69, 9.17) is 11.6 Å². The number of anilines is 1. The molecule has 4 atom stereocenters. The van der Waals surface area contributed by atoms with E-state index in [9.17, 15) is 14.4 Å². The summed E-state index contributed by atoms with van der Waals surface area (Å²) in [6, 6.07) is 12.9. The summed E-state index contributed by atoms with van der Waals surface area (Å²) in [6.45, 7) is 2.40. The minimum absolute atomic E-state index is 0.194. The third kappa shape index (κ3) is 2.77. The van der Waals surface area contributed by atoms with E-state index in [-0.39, 0.29) is 23.8 Å². The highest BCUT2D eigenvalue weighted by Crippen LogP contribution is 2.54. The number of nitrogens with zero attached hydrogens (tertiary/aromatic N) is 1. The summed E-state index contributed by atoms with van der Waals surface area (Å²) in [4.78, 5) is 45.6. The van der Waals surface area contributed by atoms with Gasteiger partial charge in [0.25, 0.3) is 0 Å². The molecular weight excluding hydrogens is 452 g/mol. The van der Waals surface area contributed by atoms with Crippen LogP contribution in [0, 0.1) is 11.8 Å². The molecule has 0 aliphatic carbocycles. The molecule has 3 aromatic rings. The highest BCUT2D eigenvalue weighted by molar-refractivity contribution is 6.35. The number of carbonyl (C=O) groups excluding carboxylic acids is 3. The number of aromatic amines is 1. The van der Waals surface area contributed by atoms with E-state index in [1.807, 2.05) is 43.5 Å². The van der Waals surface area contributed by atoms with Crippen molar-refractivity contribution >= 4 is 45.9 Å². The molecule has 8 heteroatoms. The zero-order valence-electron chi connectivity index (χ0n) is 18.7. The topological polar surface area (TPSA) is 94.3 Å². The van der Waals surface area contributed by atoms with Gasteiger partial charge < -0.3 is 10.3 Å². The quantitative estimate of drug-likeness (QED) is 0.490. The number of rotatable bonds is 5. The average molecular weight is 477 g/mol. The van der Waals surface area contributed by atoms with Crippen molar-refractivity contribution in [2.45, 2.75) is 37.8 Å². The number of amides is 3. The lowest BCUT2D eigenvalue weighted by Gasteiger charge is -2.29. The van der Waals surface area contributed by atoms with Crippen molar-refractivity contribution in [3.8, 4) is 0 Å². The lowest BCUT2D eigenvalue weighted by molar-refractivity contribution is -0.142. The second-order valence-electron chi connectivity index (χ2n) is 9.42. The summed E-state index contributed by atoms with van der Waals surface area (Å²) >= 11 is 6.41. The van der Waals surface area contributed by atoms with Crippen LogP contribution in [-0.4, -0.2) is 40.2 Å². The summed E-state index contributed by atoms with van der Waals surface area (Å²) < 4.78 is 0. The van der Waals surface area contributed by atoms with E-state index >= 15 is 0 Å². The molecule has 1 spiro atoms. The molecule has 2 aromatic carbocycles. The van der Waals surface area contributed by atoms with Gasteiger partial charge in [0.15, 0.2) is 0 Å². The first kappa shape index (κ1) is 21.4. The number of likely N-dealkylation sites (tertiary alicyclic amines) is 1. The molecule has 4 unspecified atom stereocenters. The van der Waals surface area contributed by atoms with E-state index in [0.717, 1.165) is 29.3 Å². The van der Waals surface area contributed by atoms with Crippen LogP contribution < -0.4 is 10.6 Å². The number of nitrogens with one attached hydrogen (secondary N) is 3. The third-order valence-electron chi connectivity index (χ3n) is 7.64. The fourth-order valence-corrected chi connectivity index (χ4v) is 6.32. The Labute approximate surface area is 201 Å². The van der Waals surface area contributed by atoms with E-state index in [2.05, 4.69) is 15.6 Å². The Hall–Kier alpha value is -3.16. The van der Waals surface area contributed by atoms with Crippen molar-refractivity contribution in [1.29, 1.82) is 0 Å². The fourth-order valence-electron chi connectivity index (χ4n) is 6.10. The lowest BCUT2D eigenvalue weighted by atomic mass is 9.76. The number of aromatic nitrogens is 1. The Balaban J connectivity index is 1.47. The number of unbranched alkanes of at least 4 members (excludes halogenated alkanes) is 1. The van der Waals surface area contributed by atoms with Gasteiger partial charge in [0.2, 0.25) is 17.7 Å². The van der Waals surface area contributed by atoms with E-state index in [0.29, 0.717) is 29.2 Å².